The van der Waals surface area contributed by atoms with E-state index in [0.717, 1.165) is 5.56 Å². The zero-order valence-corrected chi connectivity index (χ0v) is 9.26. The van der Waals surface area contributed by atoms with Crippen molar-refractivity contribution in [3.05, 3.63) is 16.5 Å². The fourth-order valence-electron chi connectivity index (χ4n) is 1.01. The maximum absolute atomic E-state index is 8.89. The molecule has 0 saturated carbocycles. The van der Waals surface area contributed by atoms with E-state index in [1.807, 2.05) is 13.8 Å². The van der Waals surface area contributed by atoms with E-state index in [9.17, 15) is 0 Å². The molecule has 1 rings (SSSR count). The monoisotopic (exact) mass is 215 g/mol. The molecule has 1 unspecified atom stereocenters. The minimum Gasteiger partial charge on any atom is -0.394 e. The van der Waals surface area contributed by atoms with Crippen LogP contribution in [0.1, 0.15) is 18.3 Å². The first kappa shape index (κ1) is 11.2. The molecular weight excluding hydrogens is 202 g/mol. The molecule has 0 spiro atoms. The van der Waals surface area contributed by atoms with Gasteiger partial charge in [-0.15, -0.1) is 0 Å². The fourth-order valence-corrected chi connectivity index (χ4v) is 1.23. The predicted octanol–water partition coefficient (Wildman–Crippen LogP) is 1.54. The lowest BCUT2D eigenvalue weighted by Gasteiger charge is -2.14. The molecule has 1 heterocycles. The van der Waals surface area contributed by atoms with Crippen LogP contribution in [0, 0.1) is 13.8 Å². The number of hydrogen-bond acceptors (Lipinski definition) is 4. The second-order valence-corrected chi connectivity index (χ2v) is 3.62. The molecule has 78 valence electrons. The van der Waals surface area contributed by atoms with E-state index in [1.54, 1.807) is 6.92 Å². The summed E-state index contributed by atoms with van der Waals surface area (Å²) in [5, 5.41) is 12.4. The van der Waals surface area contributed by atoms with Crippen molar-refractivity contribution in [3.63, 3.8) is 0 Å². The molecule has 0 aliphatic heterocycles. The van der Waals surface area contributed by atoms with Gasteiger partial charge in [0, 0.05) is 11.6 Å². The highest BCUT2D eigenvalue weighted by Crippen LogP contribution is 2.19. The van der Waals surface area contributed by atoms with Crippen molar-refractivity contribution in [2.24, 2.45) is 0 Å². The van der Waals surface area contributed by atoms with Gasteiger partial charge in [0.25, 0.3) is 0 Å². The highest BCUT2D eigenvalue weighted by atomic mass is 35.5. The van der Waals surface area contributed by atoms with Gasteiger partial charge in [-0.05, 0) is 20.8 Å². The van der Waals surface area contributed by atoms with E-state index >= 15 is 0 Å². The largest absolute Gasteiger partial charge is 0.394 e. The Labute approximate surface area is 88.3 Å². The zero-order valence-electron chi connectivity index (χ0n) is 8.50. The molecule has 0 aliphatic carbocycles. The van der Waals surface area contributed by atoms with Crippen LogP contribution in [0.2, 0.25) is 5.15 Å². The molecule has 1 aromatic heterocycles. The van der Waals surface area contributed by atoms with Crippen molar-refractivity contribution in [2.45, 2.75) is 26.8 Å². The Balaban J connectivity index is 2.96. The second-order valence-electron chi connectivity index (χ2n) is 3.26. The van der Waals surface area contributed by atoms with Gasteiger partial charge in [-0.25, -0.2) is 9.97 Å². The van der Waals surface area contributed by atoms with E-state index in [1.165, 1.54) is 0 Å². The third kappa shape index (κ3) is 2.56. The first-order chi connectivity index (χ1) is 6.54. The van der Waals surface area contributed by atoms with Gasteiger partial charge < -0.3 is 10.4 Å². The minimum absolute atomic E-state index is 0.0425. The number of nitrogens with zero attached hydrogens (tertiary/aromatic N) is 2. The molecule has 5 heteroatoms. The SMILES string of the molecule is Cc1nc(Cl)c(C)c(NC(C)CO)n1. The third-order valence-electron chi connectivity index (χ3n) is 1.86. The number of aryl methyl sites for hydroxylation is 1. The second kappa shape index (κ2) is 4.57. The average molecular weight is 216 g/mol. The lowest BCUT2D eigenvalue weighted by Crippen LogP contribution is -2.21. The fraction of sp³-hybridized carbons (Fsp3) is 0.556. The molecule has 0 amide bonds. The van der Waals surface area contributed by atoms with Gasteiger partial charge in [-0.3, -0.25) is 0 Å². The van der Waals surface area contributed by atoms with Crippen LogP contribution in [0.15, 0.2) is 0 Å². The van der Waals surface area contributed by atoms with Crippen LogP contribution >= 0.6 is 11.6 Å². The van der Waals surface area contributed by atoms with Crippen LogP contribution in [0.4, 0.5) is 5.82 Å². The standard InChI is InChI=1S/C9H14ClN3O/c1-5(4-14)11-9-6(2)8(10)12-7(3)13-9/h5,14H,4H2,1-3H3,(H,11,12,13). The number of anilines is 1. The molecule has 2 N–H and O–H groups in total. The maximum atomic E-state index is 8.89. The first-order valence-electron chi connectivity index (χ1n) is 4.42. The van der Waals surface area contributed by atoms with E-state index in [2.05, 4.69) is 15.3 Å². The Kier molecular flexibility index (Phi) is 3.66. The zero-order chi connectivity index (χ0) is 10.7. The molecule has 0 aliphatic rings. The number of nitrogens with one attached hydrogen (secondary N) is 1. The van der Waals surface area contributed by atoms with Gasteiger partial charge in [-0.1, -0.05) is 11.6 Å². The molecule has 1 aromatic rings. The van der Waals surface area contributed by atoms with Gasteiger partial charge in [-0.2, -0.15) is 0 Å². The highest BCUT2D eigenvalue weighted by molar-refractivity contribution is 6.30. The molecule has 0 bridgehead atoms. The van der Waals surface area contributed by atoms with Gasteiger partial charge in [0.2, 0.25) is 0 Å². The van der Waals surface area contributed by atoms with E-state index in [0.29, 0.717) is 16.8 Å². The Morgan fingerprint density at radius 2 is 2.07 bits per heavy atom. The molecule has 14 heavy (non-hydrogen) atoms. The average Bonchev–Trinajstić information content (AvgIpc) is 2.13. The summed E-state index contributed by atoms with van der Waals surface area (Å²) in [5.74, 6) is 1.30. The van der Waals surface area contributed by atoms with Crippen molar-refractivity contribution in [1.29, 1.82) is 0 Å². The Hall–Kier alpha value is -0.870. The smallest absolute Gasteiger partial charge is 0.137 e. The number of hydrogen-bond donors (Lipinski definition) is 2. The summed E-state index contributed by atoms with van der Waals surface area (Å²) in [5.41, 5.74) is 0.803. The highest BCUT2D eigenvalue weighted by Gasteiger charge is 2.09. The van der Waals surface area contributed by atoms with Crippen LogP contribution in [0.25, 0.3) is 0 Å². The van der Waals surface area contributed by atoms with Gasteiger partial charge in [0.15, 0.2) is 0 Å². The Morgan fingerprint density at radius 3 is 2.64 bits per heavy atom. The van der Waals surface area contributed by atoms with Crippen LogP contribution in [0.3, 0.4) is 0 Å². The summed E-state index contributed by atoms with van der Waals surface area (Å²) in [7, 11) is 0. The van der Waals surface area contributed by atoms with E-state index in [4.69, 9.17) is 16.7 Å². The number of halogens is 1. The Morgan fingerprint density at radius 1 is 1.43 bits per heavy atom. The van der Waals surface area contributed by atoms with Crippen molar-refractivity contribution < 1.29 is 5.11 Å². The minimum atomic E-state index is -0.0425. The number of aliphatic hydroxyl groups excluding tert-OH is 1. The molecule has 0 radical (unpaired) electrons. The van der Waals surface area contributed by atoms with Gasteiger partial charge in [0.05, 0.1) is 6.61 Å². The normalized spacial score (nSPS) is 12.6. The third-order valence-corrected chi connectivity index (χ3v) is 2.22. The summed E-state index contributed by atoms with van der Waals surface area (Å²) < 4.78 is 0. The van der Waals surface area contributed by atoms with Gasteiger partial charge >= 0.3 is 0 Å². The summed E-state index contributed by atoms with van der Waals surface area (Å²) in [6.07, 6.45) is 0. The van der Waals surface area contributed by atoms with E-state index in [-0.39, 0.29) is 12.6 Å². The van der Waals surface area contributed by atoms with Crippen LogP contribution in [-0.2, 0) is 0 Å². The van der Waals surface area contributed by atoms with Crippen LogP contribution < -0.4 is 5.32 Å². The summed E-state index contributed by atoms with van der Waals surface area (Å²) >= 11 is 5.89. The summed E-state index contributed by atoms with van der Waals surface area (Å²) in [6, 6.07) is -0.0425. The molecular formula is C9H14ClN3O. The van der Waals surface area contributed by atoms with Crippen molar-refractivity contribution >= 4 is 17.4 Å². The summed E-state index contributed by atoms with van der Waals surface area (Å²) in [6.45, 7) is 5.54. The lowest BCUT2D eigenvalue weighted by molar-refractivity contribution is 0.281. The topological polar surface area (TPSA) is 58.0 Å². The molecule has 1 atom stereocenters. The van der Waals surface area contributed by atoms with Crippen molar-refractivity contribution in [2.75, 3.05) is 11.9 Å². The van der Waals surface area contributed by atoms with Crippen molar-refractivity contribution in [3.8, 4) is 0 Å². The molecule has 0 saturated heterocycles. The van der Waals surface area contributed by atoms with E-state index < -0.39 is 0 Å². The quantitative estimate of drug-likeness (QED) is 0.751. The van der Waals surface area contributed by atoms with Crippen molar-refractivity contribution in [1.82, 2.24) is 9.97 Å². The summed E-state index contributed by atoms with van der Waals surface area (Å²) in [4.78, 5) is 8.22. The van der Waals surface area contributed by atoms with Crippen LogP contribution in [0.5, 0.6) is 0 Å². The Bertz CT molecular complexity index is 330. The van der Waals surface area contributed by atoms with Gasteiger partial charge in [0.1, 0.15) is 16.8 Å². The number of aliphatic hydroxyl groups is 1. The number of rotatable bonds is 3. The van der Waals surface area contributed by atoms with Crippen LogP contribution in [-0.4, -0.2) is 27.7 Å². The molecule has 4 nitrogen and oxygen atoms in total. The molecule has 0 aromatic carbocycles. The lowest BCUT2D eigenvalue weighted by atomic mass is 10.3. The maximum Gasteiger partial charge on any atom is 0.137 e. The molecule has 0 fully saturated rings. The first-order valence-corrected chi connectivity index (χ1v) is 4.80. The number of aromatic nitrogens is 2. The predicted molar refractivity (Wildman–Crippen MR) is 56.7 cm³/mol.